The van der Waals surface area contributed by atoms with Crippen LogP contribution in [0, 0.1) is 0 Å². The predicted octanol–water partition coefficient (Wildman–Crippen LogP) is 0.572. The fraction of sp³-hybridized carbons (Fsp3) is 0.571. The summed E-state index contributed by atoms with van der Waals surface area (Å²) < 4.78 is 32.8. The second-order valence-corrected chi connectivity index (χ2v) is 6.72. The molecule has 21 heavy (non-hydrogen) atoms. The Morgan fingerprint density at radius 2 is 2.19 bits per heavy atom. The van der Waals surface area contributed by atoms with Crippen molar-refractivity contribution in [3.63, 3.8) is 0 Å². The Morgan fingerprint density at radius 3 is 2.90 bits per heavy atom. The summed E-state index contributed by atoms with van der Waals surface area (Å²) in [5, 5.41) is 9.22. The second kappa shape index (κ2) is 7.22. The smallest absolute Gasteiger partial charge is 0.242 e. The standard InChI is InChI=1S/C14H22N2O4S/c1-2-7-15-21(18,19)14-6-4-3-5-13(14)16-8-9-20-12(10-16)11-17/h3-6,12,15,17H,2,7-11H2,1H3. The molecule has 1 aromatic carbocycles. The van der Waals surface area contributed by atoms with Gasteiger partial charge in [0.15, 0.2) is 0 Å². The first-order valence-corrected chi connectivity index (χ1v) is 8.63. The Hall–Kier alpha value is -1.15. The SMILES string of the molecule is CCCNS(=O)(=O)c1ccccc1N1CCOC(CO)C1. The van der Waals surface area contributed by atoms with Gasteiger partial charge in [-0.2, -0.15) is 0 Å². The lowest BCUT2D eigenvalue weighted by Gasteiger charge is -2.34. The number of benzene rings is 1. The van der Waals surface area contributed by atoms with Gasteiger partial charge in [-0.3, -0.25) is 0 Å². The highest BCUT2D eigenvalue weighted by Crippen LogP contribution is 2.26. The van der Waals surface area contributed by atoms with E-state index in [1.807, 2.05) is 17.9 Å². The average Bonchev–Trinajstić information content (AvgIpc) is 2.53. The van der Waals surface area contributed by atoms with Crippen molar-refractivity contribution in [2.75, 3.05) is 37.7 Å². The van der Waals surface area contributed by atoms with Gasteiger partial charge in [-0.05, 0) is 18.6 Å². The Balaban J connectivity index is 2.28. The highest BCUT2D eigenvalue weighted by molar-refractivity contribution is 7.89. The summed E-state index contributed by atoms with van der Waals surface area (Å²) in [6.45, 7) is 3.83. The number of aliphatic hydroxyl groups is 1. The fourth-order valence-corrected chi connectivity index (χ4v) is 3.67. The zero-order chi connectivity index (χ0) is 15.3. The summed E-state index contributed by atoms with van der Waals surface area (Å²) >= 11 is 0. The van der Waals surface area contributed by atoms with E-state index in [1.165, 1.54) is 0 Å². The van der Waals surface area contributed by atoms with Gasteiger partial charge < -0.3 is 14.7 Å². The van der Waals surface area contributed by atoms with Crippen molar-refractivity contribution in [2.24, 2.45) is 0 Å². The minimum Gasteiger partial charge on any atom is -0.394 e. The number of rotatable bonds is 6. The van der Waals surface area contributed by atoms with Crippen LogP contribution in [-0.4, -0.2) is 52.5 Å². The quantitative estimate of drug-likeness (QED) is 0.803. The van der Waals surface area contributed by atoms with Gasteiger partial charge in [0, 0.05) is 19.6 Å². The molecule has 0 radical (unpaired) electrons. The van der Waals surface area contributed by atoms with Crippen molar-refractivity contribution >= 4 is 15.7 Å². The Bertz CT molecular complexity index is 562. The maximum absolute atomic E-state index is 12.4. The number of sulfonamides is 1. The molecule has 1 atom stereocenters. The number of hydrogen-bond donors (Lipinski definition) is 2. The van der Waals surface area contributed by atoms with E-state index in [0.717, 1.165) is 6.42 Å². The van der Waals surface area contributed by atoms with E-state index in [1.54, 1.807) is 18.2 Å². The molecule has 118 valence electrons. The Morgan fingerprint density at radius 1 is 1.43 bits per heavy atom. The molecule has 2 rings (SSSR count). The molecule has 1 saturated heterocycles. The molecule has 1 unspecified atom stereocenters. The minimum absolute atomic E-state index is 0.0699. The van der Waals surface area contributed by atoms with Crippen molar-refractivity contribution in [3.8, 4) is 0 Å². The third kappa shape index (κ3) is 3.94. The lowest BCUT2D eigenvalue weighted by Crippen LogP contribution is -2.44. The minimum atomic E-state index is -3.52. The first kappa shape index (κ1) is 16.2. The molecule has 2 N–H and O–H groups in total. The van der Waals surface area contributed by atoms with E-state index < -0.39 is 10.0 Å². The van der Waals surface area contributed by atoms with Crippen molar-refractivity contribution < 1.29 is 18.3 Å². The molecule has 0 aromatic heterocycles. The maximum Gasteiger partial charge on any atom is 0.242 e. The van der Waals surface area contributed by atoms with Gasteiger partial charge in [-0.15, -0.1) is 0 Å². The van der Waals surface area contributed by atoms with Crippen LogP contribution in [0.1, 0.15) is 13.3 Å². The van der Waals surface area contributed by atoms with Crippen LogP contribution in [0.15, 0.2) is 29.2 Å². The van der Waals surface area contributed by atoms with E-state index in [9.17, 15) is 13.5 Å². The number of aliphatic hydroxyl groups excluding tert-OH is 1. The van der Waals surface area contributed by atoms with Crippen molar-refractivity contribution in [1.29, 1.82) is 0 Å². The molecule has 1 aromatic rings. The van der Waals surface area contributed by atoms with Gasteiger partial charge in [-0.25, -0.2) is 13.1 Å². The number of hydrogen-bond acceptors (Lipinski definition) is 5. The number of anilines is 1. The summed E-state index contributed by atoms with van der Waals surface area (Å²) in [5.41, 5.74) is 0.655. The van der Waals surface area contributed by atoms with Crippen molar-refractivity contribution in [1.82, 2.24) is 4.72 Å². The number of para-hydroxylation sites is 1. The van der Waals surface area contributed by atoms with Crippen LogP contribution in [0.2, 0.25) is 0 Å². The van der Waals surface area contributed by atoms with Crippen molar-refractivity contribution in [2.45, 2.75) is 24.3 Å². The molecule has 0 amide bonds. The lowest BCUT2D eigenvalue weighted by atomic mass is 10.2. The van der Waals surface area contributed by atoms with Crippen LogP contribution in [0.5, 0.6) is 0 Å². The topological polar surface area (TPSA) is 78.9 Å². The Labute approximate surface area is 125 Å². The highest BCUT2D eigenvalue weighted by Gasteiger charge is 2.25. The summed E-state index contributed by atoms with van der Waals surface area (Å²) in [5.74, 6) is 0. The summed E-state index contributed by atoms with van der Waals surface area (Å²) in [6.07, 6.45) is 0.462. The van der Waals surface area contributed by atoms with Gasteiger partial charge in [0.25, 0.3) is 0 Å². The van der Waals surface area contributed by atoms with Crippen LogP contribution >= 0.6 is 0 Å². The molecule has 0 bridgehead atoms. The summed E-state index contributed by atoms with van der Waals surface area (Å²) in [7, 11) is -3.52. The number of morpholine rings is 1. The maximum atomic E-state index is 12.4. The monoisotopic (exact) mass is 314 g/mol. The predicted molar refractivity (Wildman–Crippen MR) is 81.0 cm³/mol. The molecule has 1 fully saturated rings. The molecule has 0 saturated carbocycles. The molecule has 0 spiro atoms. The third-order valence-corrected chi connectivity index (χ3v) is 4.89. The van der Waals surface area contributed by atoms with Crippen LogP contribution in [-0.2, 0) is 14.8 Å². The average molecular weight is 314 g/mol. The zero-order valence-corrected chi connectivity index (χ0v) is 13.0. The highest BCUT2D eigenvalue weighted by atomic mass is 32.2. The second-order valence-electron chi connectivity index (χ2n) is 4.99. The van der Waals surface area contributed by atoms with Gasteiger partial charge >= 0.3 is 0 Å². The number of nitrogens with zero attached hydrogens (tertiary/aromatic N) is 1. The van der Waals surface area contributed by atoms with E-state index in [4.69, 9.17) is 4.74 Å². The largest absolute Gasteiger partial charge is 0.394 e. The van der Waals surface area contributed by atoms with E-state index >= 15 is 0 Å². The Kier molecular flexibility index (Phi) is 5.58. The van der Waals surface area contributed by atoms with E-state index in [-0.39, 0.29) is 17.6 Å². The van der Waals surface area contributed by atoms with Crippen molar-refractivity contribution in [3.05, 3.63) is 24.3 Å². The van der Waals surface area contributed by atoms with Gasteiger partial charge in [-0.1, -0.05) is 19.1 Å². The van der Waals surface area contributed by atoms with Gasteiger partial charge in [0.05, 0.1) is 25.0 Å². The van der Waals surface area contributed by atoms with Crippen LogP contribution in [0.4, 0.5) is 5.69 Å². The normalized spacial score (nSPS) is 19.7. The number of nitrogens with one attached hydrogen (secondary N) is 1. The first-order chi connectivity index (χ1) is 10.1. The molecule has 7 heteroatoms. The van der Waals surface area contributed by atoms with Crippen LogP contribution in [0.25, 0.3) is 0 Å². The van der Waals surface area contributed by atoms with Crippen LogP contribution in [0.3, 0.4) is 0 Å². The molecule has 1 heterocycles. The molecule has 6 nitrogen and oxygen atoms in total. The van der Waals surface area contributed by atoms with E-state index in [0.29, 0.717) is 31.9 Å². The van der Waals surface area contributed by atoms with Crippen LogP contribution < -0.4 is 9.62 Å². The number of ether oxygens (including phenoxy) is 1. The van der Waals surface area contributed by atoms with Gasteiger partial charge in [0.1, 0.15) is 4.90 Å². The zero-order valence-electron chi connectivity index (χ0n) is 12.2. The third-order valence-electron chi connectivity index (χ3n) is 3.38. The van der Waals surface area contributed by atoms with E-state index in [2.05, 4.69) is 4.72 Å². The summed E-state index contributed by atoms with van der Waals surface area (Å²) in [4.78, 5) is 2.22. The summed E-state index contributed by atoms with van der Waals surface area (Å²) in [6, 6.07) is 6.93. The lowest BCUT2D eigenvalue weighted by molar-refractivity contribution is 0.00343. The molecule has 0 aliphatic carbocycles. The first-order valence-electron chi connectivity index (χ1n) is 7.14. The fourth-order valence-electron chi connectivity index (χ4n) is 2.31. The molecule has 1 aliphatic heterocycles. The molecule has 1 aliphatic rings. The van der Waals surface area contributed by atoms with Gasteiger partial charge in [0.2, 0.25) is 10.0 Å². The molecular formula is C14H22N2O4S. The molecular weight excluding hydrogens is 292 g/mol.